The Hall–Kier alpha value is -4.61. The van der Waals surface area contributed by atoms with Crippen LogP contribution in [0, 0.1) is 0 Å². The highest BCUT2D eigenvalue weighted by Gasteiger charge is 2.41. The SMILES string of the molecule is CC(C)N(C(=O)C(CC(N)=O)NC(=O)OC(C)(C)C)C(C(=O)NC(Cc1ccccc1)C(=O)OC(C)(C)C)c1ccccc1O. The van der Waals surface area contributed by atoms with E-state index in [1.165, 1.54) is 12.1 Å². The normalized spacial score (nSPS) is 13.6. The van der Waals surface area contributed by atoms with Crippen LogP contribution in [0.4, 0.5) is 4.79 Å². The van der Waals surface area contributed by atoms with E-state index in [9.17, 15) is 29.1 Å². The van der Waals surface area contributed by atoms with Gasteiger partial charge in [-0.15, -0.1) is 0 Å². The maximum atomic E-state index is 14.2. The van der Waals surface area contributed by atoms with Gasteiger partial charge in [0, 0.05) is 18.0 Å². The van der Waals surface area contributed by atoms with Crippen LogP contribution in [0.2, 0.25) is 0 Å². The van der Waals surface area contributed by atoms with Crippen LogP contribution in [0.5, 0.6) is 5.75 Å². The fourth-order valence-electron chi connectivity index (χ4n) is 4.51. The lowest BCUT2D eigenvalue weighted by Gasteiger charge is -2.37. The summed E-state index contributed by atoms with van der Waals surface area (Å²) in [4.78, 5) is 67.5. The highest BCUT2D eigenvalue weighted by molar-refractivity contribution is 5.96. The first-order valence-electron chi connectivity index (χ1n) is 14.7. The number of hydrogen-bond acceptors (Lipinski definition) is 8. The zero-order chi connectivity index (χ0) is 34.1. The van der Waals surface area contributed by atoms with Crippen molar-refractivity contribution in [3.63, 3.8) is 0 Å². The number of esters is 1. The predicted molar refractivity (Wildman–Crippen MR) is 168 cm³/mol. The summed E-state index contributed by atoms with van der Waals surface area (Å²) in [6, 6.07) is 10.1. The Balaban J connectivity index is 2.61. The Kier molecular flexibility index (Phi) is 12.5. The molecule has 0 bridgehead atoms. The van der Waals surface area contributed by atoms with Crippen LogP contribution in [-0.2, 0) is 35.1 Å². The maximum absolute atomic E-state index is 14.2. The average Bonchev–Trinajstić information content (AvgIpc) is 2.89. The van der Waals surface area contributed by atoms with E-state index in [0.29, 0.717) is 0 Å². The van der Waals surface area contributed by atoms with Gasteiger partial charge in [-0.1, -0.05) is 48.5 Å². The van der Waals surface area contributed by atoms with Crippen molar-refractivity contribution in [2.24, 2.45) is 5.73 Å². The highest BCUT2D eigenvalue weighted by Crippen LogP contribution is 2.31. The summed E-state index contributed by atoms with van der Waals surface area (Å²) in [5.41, 5.74) is 4.46. The number of amides is 4. The number of para-hydroxylation sites is 1. The first kappa shape index (κ1) is 36.6. The number of alkyl carbamates (subject to hydrolysis) is 1. The molecule has 0 aromatic heterocycles. The van der Waals surface area contributed by atoms with E-state index in [0.717, 1.165) is 10.5 Å². The van der Waals surface area contributed by atoms with Crippen molar-refractivity contribution >= 4 is 29.8 Å². The molecule has 2 aromatic rings. The predicted octanol–water partition coefficient (Wildman–Crippen LogP) is 3.51. The molecule has 45 heavy (non-hydrogen) atoms. The van der Waals surface area contributed by atoms with Gasteiger partial charge >= 0.3 is 12.1 Å². The minimum atomic E-state index is -1.51. The van der Waals surface area contributed by atoms with Crippen LogP contribution in [0.25, 0.3) is 0 Å². The molecule has 0 aliphatic carbocycles. The lowest BCUT2D eigenvalue weighted by atomic mass is 9.98. The van der Waals surface area contributed by atoms with Gasteiger partial charge in [0.1, 0.15) is 35.1 Å². The number of benzene rings is 2. The first-order chi connectivity index (χ1) is 20.8. The van der Waals surface area contributed by atoms with Gasteiger partial charge < -0.3 is 35.8 Å². The van der Waals surface area contributed by atoms with Crippen molar-refractivity contribution in [1.29, 1.82) is 0 Å². The molecule has 0 fully saturated rings. The number of aromatic hydroxyl groups is 1. The Morgan fingerprint density at radius 2 is 1.38 bits per heavy atom. The van der Waals surface area contributed by atoms with Crippen LogP contribution in [0.15, 0.2) is 54.6 Å². The molecule has 12 heteroatoms. The Bertz CT molecular complexity index is 1350. The zero-order valence-corrected chi connectivity index (χ0v) is 27.2. The van der Waals surface area contributed by atoms with Crippen molar-refractivity contribution in [3.05, 3.63) is 65.7 Å². The number of carbonyl (C=O) groups is 5. The van der Waals surface area contributed by atoms with Crippen LogP contribution < -0.4 is 16.4 Å². The van der Waals surface area contributed by atoms with Gasteiger partial charge in [0.2, 0.25) is 17.7 Å². The number of carbonyl (C=O) groups excluding carboxylic acids is 5. The molecule has 3 atom stereocenters. The van der Waals surface area contributed by atoms with Gasteiger partial charge in [-0.2, -0.15) is 0 Å². The number of nitrogens with two attached hydrogens (primary N) is 1. The number of rotatable bonds is 12. The highest BCUT2D eigenvalue weighted by atomic mass is 16.6. The summed E-state index contributed by atoms with van der Waals surface area (Å²) < 4.78 is 10.9. The van der Waals surface area contributed by atoms with Crippen molar-refractivity contribution < 1.29 is 38.6 Å². The van der Waals surface area contributed by atoms with E-state index >= 15 is 0 Å². The van der Waals surface area contributed by atoms with Gasteiger partial charge in [-0.05, 0) is 67.0 Å². The molecule has 12 nitrogen and oxygen atoms in total. The quantitative estimate of drug-likeness (QED) is 0.259. The molecule has 2 rings (SSSR count). The summed E-state index contributed by atoms with van der Waals surface area (Å²) in [5.74, 6) is -3.52. The standard InChI is InChI=1S/C33H46N4O8/c1-20(2)37(29(41)23(19-26(34)39)36-31(43)45-33(6,7)8)27(22-16-12-13-17-25(22)38)28(40)35-24(30(42)44-32(3,4)5)18-21-14-10-9-11-15-21/h9-17,20,23-24,27,38H,18-19H2,1-8H3,(H2,34,39)(H,35,40)(H,36,43). The van der Waals surface area contributed by atoms with Gasteiger partial charge in [-0.3, -0.25) is 14.4 Å². The van der Waals surface area contributed by atoms with Gasteiger partial charge in [-0.25, -0.2) is 9.59 Å². The van der Waals surface area contributed by atoms with Crippen molar-refractivity contribution in [3.8, 4) is 5.75 Å². The number of hydrogen-bond donors (Lipinski definition) is 4. The molecule has 4 amide bonds. The van der Waals surface area contributed by atoms with Crippen molar-refractivity contribution in [2.75, 3.05) is 0 Å². The molecule has 0 heterocycles. The average molecular weight is 627 g/mol. The Labute approximate surface area is 264 Å². The van der Waals surface area contributed by atoms with Crippen LogP contribution >= 0.6 is 0 Å². The minimum absolute atomic E-state index is 0.0507. The molecule has 0 radical (unpaired) electrons. The first-order valence-corrected chi connectivity index (χ1v) is 14.7. The van der Waals surface area contributed by atoms with Crippen molar-refractivity contribution in [2.45, 2.75) is 104 Å². The second-order valence-electron chi connectivity index (χ2n) is 13.0. The summed E-state index contributed by atoms with van der Waals surface area (Å²) in [5, 5.41) is 16.0. The molecular weight excluding hydrogens is 580 g/mol. The topological polar surface area (TPSA) is 177 Å². The summed E-state index contributed by atoms with van der Waals surface area (Å²) >= 11 is 0. The molecule has 0 saturated carbocycles. The molecule has 246 valence electrons. The Morgan fingerprint density at radius 1 is 0.822 bits per heavy atom. The third-order valence-electron chi connectivity index (χ3n) is 6.25. The van der Waals surface area contributed by atoms with Crippen LogP contribution in [0.1, 0.15) is 79.0 Å². The van der Waals surface area contributed by atoms with Gasteiger partial charge in [0.15, 0.2) is 0 Å². The second kappa shape index (κ2) is 15.4. The monoisotopic (exact) mass is 626 g/mol. The van der Waals surface area contributed by atoms with E-state index in [1.54, 1.807) is 91.8 Å². The lowest BCUT2D eigenvalue weighted by Crippen LogP contribution is -2.57. The molecule has 0 aliphatic heterocycles. The smallest absolute Gasteiger partial charge is 0.408 e. The molecule has 5 N–H and O–H groups in total. The maximum Gasteiger partial charge on any atom is 0.408 e. The number of phenols is 1. The molecule has 0 aliphatic rings. The zero-order valence-electron chi connectivity index (χ0n) is 27.2. The summed E-state index contributed by atoms with van der Waals surface area (Å²) in [7, 11) is 0. The van der Waals surface area contributed by atoms with Crippen LogP contribution in [0.3, 0.4) is 0 Å². The molecule has 2 aromatic carbocycles. The fraction of sp³-hybridized carbons (Fsp3) is 0.485. The second-order valence-corrected chi connectivity index (χ2v) is 13.0. The van der Waals surface area contributed by atoms with E-state index in [-0.39, 0.29) is 17.7 Å². The minimum Gasteiger partial charge on any atom is -0.508 e. The molecular formula is C33H46N4O8. The van der Waals surface area contributed by atoms with Gasteiger partial charge in [0.25, 0.3) is 0 Å². The third-order valence-corrected chi connectivity index (χ3v) is 6.25. The molecule has 3 unspecified atom stereocenters. The summed E-state index contributed by atoms with van der Waals surface area (Å²) in [6.45, 7) is 13.3. The largest absolute Gasteiger partial charge is 0.508 e. The van der Waals surface area contributed by atoms with Crippen LogP contribution in [-0.4, -0.2) is 69.1 Å². The Morgan fingerprint density at radius 3 is 1.89 bits per heavy atom. The third kappa shape index (κ3) is 11.8. The fourth-order valence-corrected chi connectivity index (χ4v) is 4.51. The lowest BCUT2D eigenvalue weighted by molar-refractivity contribution is -0.159. The number of nitrogens with one attached hydrogen (secondary N) is 2. The molecule has 0 saturated heterocycles. The number of primary amides is 1. The van der Waals surface area contributed by atoms with E-state index in [4.69, 9.17) is 15.2 Å². The number of phenolic OH excluding ortho intramolecular Hbond substituents is 1. The van der Waals surface area contributed by atoms with E-state index < -0.39 is 71.6 Å². The van der Waals surface area contributed by atoms with Gasteiger partial charge in [0.05, 0.1) is 6.42 Å². The number of ether oxygens (including phenoxy) is 2. The van der Waals surface area contributed by atoms with Crippen molar-refractivity contribution in [1.82, 2.24) is 15.5 Å². The van der Waals surface area contributed by atoms with E-state index in [2.05, 4.69) is 10.6 Å². The molecule has 0 spiro atoms. The van der Waals surface area contributed by atoms with E-state index in [1.807, 2.05) is 6.07 Å². The summed E-state index contributed by atoms with van der Waals surface area (Å²) in [6.07, 6.45) is -1.48. The number of nitrogens with zero attached hydrogens (tertiary/aromatic N) is 1.